The molecule has 0 aliphatic rings. The summed E-state index contributed by atoms with van der Waals surface area (Å²) in [5.74, 6) is 8.25. The fourth-order valence-electron chi connectivity index (χ4n) is 9.00. The SMILES string of the molecule is CC(C)[Si](C#Cc1c2sc3c[c]([Sn]([CH3])([CH3])[CH3])sc3c2c(C#C[Si](C(C)C)(C(C)C)C(C)C)c2sc3c[c]([Sn]([CH3])([CH3])[CH3])sc3c12)(C(C)C)C(C)C. The van der Waals surface area contributed by atoms with E-state index in [0.29, 0.717) is 33.2 Å². The van der Waals surface area contributed by atoms with E-state index in [9.17, 15) is 0 Å². The monoisotopic (exact) mass is 990 g/mol. The van der Waals surface area contributed by atoms with Crippen LogP contribution in [-0.2, 0) is 0 Å². The third kappa shape index (κ3) is 6.96. The van der Waals surface area contributed by atoms with Crippen molar-refractivity contribution in [3.05, 3.63) is 23.3 Å². The average Bonchev–Trinajstić information content (AvgIpc) is 3.71. The predicted octanol–water partition coefficient (Wildman–Crippen LogP) is 14.8. The van der Waals surface area contributed by atoms with Crippen molar-refractivity contribution in [1.82, 2.24) is 0 Å². The first kappa shape index (κ1) is 41.4. The van der Waals surface area contributed by atoms with Crippen LogP contribution in [0, 0.1) is 22.9 Å². The Morgan fingerprint density at radius 1 is 0.440 bits per heavy atom. The van der Waals surface area contributed by atoms with Gasteiger partial charge in [-0.15, -0.1) is 0 Å². The van der Waals surface area contributed by atoms with Gasteiger partial charge in [0.15, 0.2) is 0 Å². The van der Waals surface area contributed by atoms with E-state index in [4.69, 9.17) is 0 Å². The maximum absolute atomic E-state index is 4.22. The van der Waals surface area contributed by atoms with Crippen LogP contribution in [-0.4, -0.2) is 52.9 Å². The molecule has 0 saturated heterocycles. The summed E-state index contributed by atoms with van der Waals surface area (Å²) in [4.78, 5) is 15.4. The summed E-state index contributed by atoms with van der Waals surface area (Å²) < 4.78 is 12.0. The zero-order valence-electron chi connectivity index (χ0n) is 34.3. The standard InChI is InChI=1S/C36H44S4Si2.6CH3.2Sn/c1-21(2)41(22(3)4,23(5)6)19-15-27-31-34(40-29-13-17-37-35(29)31)28(32-33(27)39-30-14-18-38-36(30)32)16-20-42(24(7)8,25(9)10)26(11)12;;;;;;;;/h13-14,21-26H,1-12H3;6*1H3;;. The summed E-state index contributed by atoms with van der Waals surface area (Å²) in [5.41, 5.74) is 14.7. The number of benzene rings is 1. The van der Waals surface area contributed by atoms with Crippen molar-refractivity contribution < 1.29 is 0 Å². The Morgan fingerprint density at radius 3 is 0.960 bits per heavy atom. The third-order valence-electron chi connectivity index (χ3n) is 11.7. The molecule has 4 heterocycles. The molecule has 0 aliphatic carbocycles. The second-order valence-electron chi connectivity index (χ2n) is 18.8. The first-order chi connectivity index (χ1) is 23.0. The summed E-state index contributed by atoms with van der Waals surface area (Å²) in [6.45, 7) is 29.4. The minimum absolute atomic E-state index is 0.603. The zero-order chi connectivity index (χ0) is 37.5. The van der Waals surface area contributed by atoms with Crippen molar-refractivity contribution in [1.29, 1.82) is 0 Å². The van der Waals surface area contributed by atoms with Gasteiger partial charge >= 0.3 is 335 Å². The summed E-state index contributed by atoms with van der Waals surface area (Å²) in [7, 11) is -3.91. The van der Waals surface area contributed by atoms with Gasteiger partial charge in [0.1, 0.15) is 0 Å². The van der Waals surface area contributed by atoms with Crippen LogP contribution in [0.4, 0.5) is 0 Å². The molecule has 4 aromatic heterocycles. The van der Waals surface area contributed by atoms with Gasteiger partial charge in [-0.2, -0.15) is 0 Å². The average molecular weight is 989 g/mol. The molecule has 5 rings (SSSR count). The molecule has 1 aromatic carbocycles. The van der Waals surface area contributed by atoms with Crippen molar-refractivity contribution in [2.24, 2.45) is 0 Å². The summed E-state index contributed by atoms with van der Waals surface area (Å²) in [6, 6.07) is 5.17. The molecule has 0 fully saturated rings. The van der Waals surface area contributed by atoms with E-state index in [1.165, 1.54) is 50.1 Å². The van der Waals surface area contributed by atoms with Crippen LogP contribution in [0.5, 0.6) is 0 Å². The molecule has 0 atom stereocenters. The Balaban J connectivity index is 2.06. The van der Waals surface area contributed by atoms with Crippen LogP contribution in [0.3, 0.4) is 0 Å². The Bertz CT molecular complexity index is 1980. The van der Waals surface area contributed by atoms with Crippen LogP contribution in [0.25, 0.3) is 39.0 Å². The van der Waals surface area contributed by atoms with E-state index < -0.39 is 52.9 Å². The Morgan fingerprint density at radius 2 is 0.720 bits per heavy atom. The first-order valence-electron chi connectivity index (χ1n) is 18.9. The maximum atomic E-state index is 4.22. The quantitative estimate of drug-likeness (QED) is 0.107. The van der Waals surface area contributed by atoms with E-state index >= 15 is 0 Å². The van der Waals surface area contributed by atoms with Gasteiger partial charge < -0.3 is 0 Å². The summed E-state index contributed by atoms with van der Waals surface area (Å²) >= 11 is 3.67. The molecule has 0 aliphatic heterocycles. The molecule has 0 radical (unpaired) electrons. The molecule has 270 valence electrons. The van der Waals surface area contributed by atoms with Crippen LogP contribution in [0.1, 0.15) is 94.2 Å². The van der Waals surface area contributed by atoms with Crippen molar-refractivity contribution >= 4 is 143 Å². The van der Waals surface area contributed by atoms with E-state index in [1.54, 1.807) is 5.79 Å². The van der Waals surface area contributed by atoms with E-state index in [0.717, 1.165) is 0 Å². The van der Waals surface area contributed by atoms with Crippen LogP contribution in [0.15, 0.2) is 12.1 Å². The molecule has 5 aromatic rings. The fraction of sp³-hybridized carbons (Fsp3) is 0.571. The number of rotatable bonds is 8. The van der Waals surface area contributed by atoms with Gasteiger partial charge in [-0.1, -0.05) is 0 Å². The van der Waals surface area contributed by atoms with Gasteiger partial charge in [-0.3, -0.25) is 0 Å². The van der Waals surface area contributed by atoms with Crippen LogP contribution in [0.2, 0.25) is 62.9 Å². The molecule has 0 unspecified atom stereocenters. The van der Waals surface area contributed by atoms with Crippen molar-refractivity contribution in [2.45, 2.75) is 146 Å². The van der Waals surface area contributed by atoms with Gasteiger partial charge in [0, 0.05) is 0 Å². The summed E-state index contributed by atoms with van der Waals surface area (Å²) in [5, 5.41) is 2.85. The second kappa shape index (κ2) is 14.7. The van der Waals surface area contributed by atoms with E-state index in [2.05, 4.69) is 170 Å². The molecular formula is C42H62S4Si2Sn2. The van der Waals surface area contributed by atoms with Gasteiger partial charge in [0.2, 0.25) is 0 Å². The molecule has 0 bridgehead atoms. The molecule has 0 amide bonds. The van der Waals surface area contributed by atoms with Crippen molar-refractivity contribution in [2.75, 3.05) is 0 Å². The number of hydrogen-bond donors (Lipinski definition) is 0. The van der Waals surface area contributed by atoms with Crippen LogP contribution < -0.4 is 5.79 Å². The molecule has 0 nitrogen and oxygen atoms in total. The van der Waals surface area contributed by atoms with Gasteiger partial charge in [0.05, 0.1) is 0 Å². The van der Waals surface area contributed by atoms with Crippen LogP contribution >= 0.6 is 45.3 Å². The molecule has 0 saturated carbocycles. The Kier molecular flexibility index (Phi) is 12.2. The topological polar surface area (TPSA) is 0 Å². The van der Waals surface area contributed by atoms with Gasteiger partial charge in [-0.25, -0.2) is 0 Å². The number of hydrogen-bond acceptors (Lipinski definition) is 4. The molecule has 50 heavy (non-hydrogen) atoms. The molecule has 8 heteroatoms. The van der Waals surface area contributed by atoms with Gasteiger partial charge in [-0.05, 0) is 0 Å². The number of thiophene rings is 4. The number of fused-ring (bicyclic) bond motifs is 6. The molecule has 0 spiro atoms. The fourth-order valence-corrected chi connectivity index (χ4v) is 35.7. The van der Waals surface area contributed by atoms with E-state index in [-0.39, 0.29) is 0 Å². The summed E-state index contributed by atoms with van der Waals surface area (Å²) in [6.07, 6.45) is 0. The second-order valence-corrected chi connectivity index (χ2v) is 65.0. The first-order valence-corrected chi connectivity index (χ1v) is 46.7. The third-order valence-corrected chi connectivity index (χ3v) is 48.0. The van der Waals surface area contributed by atoms with Gasteiger partial charge in [0.25, 0.3) is 0 Å². The Labute approximate surface area is 331 Å². The predicted molar refractivity (Wildman–Crippen MR) is 250 cm³/mol. The molecular weight excluding hydrogens is 926 g/mol. The van der Waals surface area contributed by atoms with Crippen molar-refractivity contribution in [3.63, 3.8) is 0 Å². The molecule has 0 N–H and O–H groups in total. The normalized spacial score (nSPS) is 13.8. The minimum atomic E-state index is -2.29. The Hall–Kier alpha value is 0.211. The zero-order valence-corrected chi connectivity index (χ0v) is 45.2. The van der Waals surface area contributed by atoms with Crippen molar-refractivity contribution in [3.8, 4) is 22.9 Å². The van der Waals surface area contributed by atoms with E-state index in [1.807, 2.05) is 22.7 Å².